The molecule has 4 rings (SSSR count). The van der Waals surface area contributed by atoms with Crippen LogP contribution in [0.5, 0.6) is 0 Å². The maximum Gasteiger partial charge on any atom is 0.798 e. The van der Waals surface area contributed by atoms with Gasteiger partial charge in [-0.2, -0.15) is 0 Å². The van der Waals surface area contributed by atoms with Gasteiger partial charge in [-0.15, -0.1) is 9.05 Å². The first-order valence-corrected chi connectivity index (χ1v) is 14.7. The van der Waals surface area contributed by atoms with Gasteiger partial charge >= 0.3 is 36.1 Å². The van der Waals surface area contributed by atoms with Crippen molar-refractivity contribution in [1.82, 2.24) is 19.1 Å². The number of ether oxygens (including phenoxy) is 2. The van der Waals surface area contributed by atoms with Crippen molar-refractivity contribution in [2.45, 2.75) is 49.4 Å². The molecule has 0 aliphatic carbocycles. The maximum atomic E-state index is 12.0. The second-order valence-electron chi connectivity index (χ2n) is 8.44. The van der Waals surface area contributed by atoms with Crippen LogP contribution in [0, 0.1) is 0 Å². The molecular weight excluding hydrogens is 621 g/mol. The largest absolute Gasteiger partial charge is 0.798 e. The van der Waals surface area contributed by atoms with E-state index in [-0.39, 0.29) is 6.42 Å². The van der Waals surface area contributed by atoms with Crippen LogP contribution in [0.4, 0.5) is 0 Å². The van der Waals surface area contributed by atoms with Gasteiger partial charge in [0.2, 0.25) is 0 Å². The number of nitrogens with zero attached hydrogens (tertiary/aromatic N) is 2. The molecule has 2 saturated heterocycles. The molecule has 41 heavy (non-hydrogen) atoms. The fourth-order valence-electron chi connectivity index (χ4n) is 3.85. The van der Waals surface area contributed by atoms with Crippen LogP contribution in [0.15, 0.2) is 43.7 Å². The van der Waals surface area contributed by atoms with Crippen molar-refractivity contribution in [3.63, 3.8) is 0 Å². The molecule has 3 unspecified atom stereocenters. The summed E-state index contributed by atoms with van der Waals surface area (Å²) in [6.07, 6.45) is -7.07. The number of aliphatic hydroxyl groups is 3. The summed E-state index contributed by atoms with van der Waals surface area (Å²) in [5.41, 5.74) is -3.02. The van der Waals surface area contributed by atoms with Crippen LogP contribution in [-0.2, 0) is 40.8 Å². The predicted octanol–water partition coefficient (Wildman–Crippen LogP) is -1.61. The van der Waals surface area contributed by atoms with Gasteiger partial charge in [-0.05, 0) is 0 Å². The van der Waals surface area contributed by atoms with Gasteiger partial charge in [-0.3, -0.25) is 28.7 Å². The third-order valence-corrected chi connectivity index (χ3v) is 8.64. The molecule has 222 valence electrons. The van der Waals surface area contributed by atoms with Crippen LogP contribution >= 0.6 is 24.8 Å². The Kier molecular flexibility index (Phi) is 10.3. The molecule has 23 heteroatoms. The topological polar surface area (TPSA) is 277 Å². The summed E-state index contributed by atoms with van der Waals surface area (Å²) in [4.78, 5) is 50.2. The molecule has 2 aromatic heterocycles. The number of H-pyrrole nitrogens is 2. The Labute approximate surface area is 229 Å². The quantitative estimate of drug-likeness (QED) is 0.163. The van der Waals surface area contributed by atoms with Crippen LogP contribution in [-0.4, -0.2) is 78.2 Å². The van der Waals surface area contributed by atoms with Crippen LogP contribution in [0.3, 0.4) is 0 Å². The Morgan fingerprint density at radius 1 is 0.780 bits per heavy atom. The monoisotopic (exact) mass is 643 g/mol. The van der Waals surface area contributed by atoms with Crippen LogP contribution < -0.4 is 22.5 Å². The molecule has 0 radical (unpaired) electrons. The van der Waals surface area contributed by atoms with Gasteiger partial charge < -0.3 is 24.8 Å². The lowest BCUT2D eigenvalue weighted by atomic mass is 10.1. The number of rotatable bonds is 12. The molecule has 0 saturated carbocycles. The van der Waals surface area contributed by atoms with Crippen molar-refractivity contribution in [1.29, 1.82) is 0 Å². The molecule has 0 amide bonds. The van der Waals surface area contributed by atoms with Gasteiger partial charge in [0, 0.05) is 44.6 Å². The number of hydrogen-bond donors (Lipinski definition) is 5. The van der Waals surface area contributed by atoms with Crippen molar-refractivity contribution in [2.75, 3.05) is 13.2 Å². The van der Waals surface area contributed by atoms with E-state index in [4.69, 9.17) is 18.5 Å². The van der Waals surface area contributed by atoms with E-state index >= 15 is 0 Å². The highest BCUT2D eigenvalue weighted by Crippen LogP contribution is 2.47. The van der Waals surface area contributed by atoms with E-state index < -0.39 is 103 Å². The summed E-state index contributed by atoms with van der Waals surface area (Å²) in [6, 6.07) is 2.07. The minimum absolute atomic E-state index is 0.0639. The zero-order valence-electron chi connectivity index (χ0n) is 20.4. The summed E-state index contributed by atoms with van der Waals surface area (Å²) >= 11 is 0. The average Bonchev–Trinajstić information content (AvgIpc) is 3.40. The highest BCUT2D eigenvalue weighted by molar-refractivity contribution is 7.53. The second-order valence-corrected chi connectivity index (χ2v) is 11.6. The Hall–Kier alpha value is -2.70. The Morgan fingerprint density at radius 3 is 1.88 bits per heavy atom. The standard InChI is InChI=1S/C18H20N4O16P3/c23-8-5-13(21-3-1-11(24)19-17(21)28)35-9(8)6-33-39(30)37-41(32)38-40(31)34-7-10-14(26)15(27)16(36-10)22-4-2-12(25)20-18(22)29/h1-4,8-10,13-16,23,26-27H,5-7H2/q+1/p+2/t8-,9+,10-,13+,14-,15-,16-/m1/s1. The van der Waals surface area contributed by atoms with Gasteiger partial charge in [0.25, 0.3) is 11.1 Å². The van der Waals surface area contributed by atoms with E-state index in [1.807, 2.05) is 9.97 Å². The molecule has 4 heterocycles. The number of nitrogens with one attached hydrogen (secondary N) is 2. The van der Waals surface area contributed by atoms with E-state index in [0.29, 0.717) is 0 Å². The Morgan fingerprint density at radius 2 is 1.32 bits per heavy atom. The number of hydrogen-bond acceptors (Lipinski definition) is 16. The van der Waals surface area contributed by atoms with Gasteiger partial charge in [0.05, 0.1) is 6.10 Å². The molecule has 2 fully saturated rings. The van der Waals surface area contributed by atoms with Crippen LogP contribution in [0.25, 0.3) is 0 Å². The van der Waals surface area contributed by atoms with Crippen molar-refractivity contribution in [3.05, 3.63) is 66.2 Å². The summed E-state index contributed by atoms with van der Waals surface area (Å²) in [5.74, 6) is 0. The van der Waals surface area contributed by atoms with E-state index in [1.54, 1.807) is 0 Å². The minimum atomic E-state index is -3.32. The fraction of sp³-hybridized carbons (Fsp3) is 0.556. The lowest BCUT2D eigenvalue weighted by Gasteiger charge is -2.16. The van der Waals surface area contributed by atoms with Gasteiger partial charge in [0.1, 0.15) is 43.9 Å². The van der Waals surface area contributed by atoms with Crippen molar-refractivity contribution in [3.8, 4) is 0 Å². The highest BCUT2D eigenvalue weighted by atomic mass is 31.2. The van der Waals surface area contributed by atoms with E-state index in [2.05, 4.69) is 8.62 Å². The molecule has 2 aliphatic rings. The van der Waals surface area contributed by atoms with Crippen LogP contribution in [0.1, 0.15) is 18.9 Å². The fourth-order valence-corrected chi connectivity index (χ4v) is 6.03. The molecule has 0 bridgehead atoms. The number of aromatic nitrogens is 4. The Balaban J connectivity index is 1.19. The molecule has 10 atom stereocenters. The third-order valence-electron chi connectivity index (χ3n) is 5.78. The summed E-state index contributed by atoms with van der Waals surface area (Å²) in [5, 5.41) is 30.4. The smallest absolute Gasteiger partial charge is 0.390 e. The van der Waals surface area contributed by atoms with Gasteiger partial charge in [-0.1, -0.05) is 0 Å². The van der Waals surface area contributed by atoms with Gasteiger partial charge in [-0.25, -0.2) is 9.59 Å². The molecule has 2 aliphatic heterocycles. The molecule has 0 aromatic carbocycles. The summed E-state index contributed by atoms with van der Waals surface area (Å²) in [6.45, 7) is -1.21. The minimum Gasteiger partial charge on any atom is -0.390 e. The van der Waals surface area contributed by atoms with Crippen molar-refractivity contribution < 1.29 is 56.2 Å². The summed E-state index contributed by atoms with van der Waals surface area (Å²) < 4.78 is 67.0. The number of aromatic amines is 2. The van der Waals surface area contributed by atoms with E-state index in [0.717, 1.165) is 27.5 Å². The zero-order chi connectivity index (χ0) is 29.8. The van der Waals surface area contributed by atoms with Crippen molar-refractivity contribution >= 4 is 24.8 Å². The first-order valence-electron chi connectivity index (χ1n) is 11.4. The van der Waals surface area contributed by atoms with Crippen molar-refractivity contribution in [2.24, 2.45) is 0 Å². The van der Waals surface area contributed by atoms with Gasteiger partial charge in [0.15, 0.2) is 14.8 Å². The SMILES string of the molecule is O=c1ccn([C@@H]2C[C@@H](O)[C@H](CO[P+](=O)O[P+](=O)O[P+](=O)OC[C@H]3O[C@@H](n4ccc(=O)[nH]c4=O)[C@H](O)[C@@H]3O)O2)c(=O)[nH]1. The Bertz CT molecular complexity index is 1540. The first-order chi connectivity index (χ1) is 19.4. The second kappa shape index (κ2) is 13.5. The molecular formula is C18H22N4O16P3+3. The zero-order valence-corrected chi connectivity index (χ0v) is 23.0. The lowest BCUT2D eigenvalue weighted by molar-refractivity contribution is -0.0516. The molecule has 2 aromatic rings. The normalized spacial score (nSPS) is 29.0. The predicted molar refractivity (Wildman–Crippen MR) is 130 cm³/mol. The lowest BCUT2D eigenvalue weighted by Crippen LogP contribution is -2.37. The third kappa shape index (κ3) is 7.78. The number of aliphatic hydroxyl groups excluding tert-OH is 3. The molecule has 20 nitrogen and oxygen atoms in total. The highest BCUT2D eigenvalue weighted by Gasteiger charge is 2.52. The average molecular weight is 643 g/mol. The van der Waals surface area contributed by atoms with E-state index in [1.165, 1.54) is 6.20 Å². The molecule has 0 spiro atoms. The summed E-state index contributed by atoms with van der Waals surface area (Å²) in [7, 11) is -9.66. The first kappa shape index (κ1) is 31.2. The van der Waals surface area contributed by atoms with Crippen LogP contribution in [0.2, 0.25) is 0 Å². The molecule has 5 N–H and O–H groups in total. The maximum absolute atomic E-state index is 12.0. The van der Waals surface area contributed by atoms with E-state index in [9.17, 15) is 48.2 Å².